The zero-order valence-corrected chi connectivity index (χ0v) is 39.4. The summed E-state index contributed by atoms with van der Waals surface area (Å²) in [6.07, 6.45) is -5.44. The van der Waals surface area contributed by atoms with Crippen molar-refractivity contribution in [3.63, 3.8) is 0 Å². The molecule has 0 spiro atoms. The van der Waals surface area contributed by atoms with Gasteiger partial charge in [0.1, 0.15) is 22.0 Å². The van der Waals surface area contributed by atoms with E-state index in [9.17, 15) is 63.9 Å². The highest BCUT2D eigenvalue weighted by molar-refractivity contribution is 7.93. The Morgan fingerprint density at radius 1 is 0.971 bits per heavy atom. The summed E-state index contributed by atoms with van der Waals surface area (Å²) in [6, 6.07) is 7.85. The van der Waals surface area contributed by atoms with E-state index in [0.717, 1.165) is 42.6 Å². The van der Waals surface area contributed by atoms with Gasteiger partial charge in [0, 0.05) is 18.3 Å². The number of carbonyl (C=O) groups excluding carboxylic acids is 3. The largest absolute Gasteiger partial charge is 0.481 e. The average Bonchev–Trinajstić information content (AvgIpc) is 3.26. The van der Waals surface area contributed by atoms with Gasteiger partial charge in [-0.2, -0.15) is 31.6 Å². The van der Waals surface area contributed by atoms with Gasteiger partial charge in [-0.3, -0.25) is 30.1 Å². The predicted octanol–water partition coefficient (Wildman–Crippen LogP) is 4.16. The van der Waals surface area contributed by atoms with E-state index in [1.165, 1.54) is 40.2 Å². The zero-order chi connectivity index (χ0) is 52.5. The Balaban J connectivity index is 0.000000397. The fraction of sp³-hybridized carbons (Fsp3) is 0.306. The molecule has 4 aromatic rings. The first-order valence-electron chi connectivity index (χ1n) is 18.6. The van der Waals surface area contributed by atoms with Crippen LogP contribution in [-0.2, 0) is 49.7 Å². The number of ether oxygens (including phenoxy) is 5. The van der Waals surface area contributed by atoms with E-state index >= 15 is 0 Å². The van der Waals surface area contributed by atoms with Crippen LogP contribution in [0.25, 0.3) is 0 Å². The molecule has 0 aliphatic heterocycles. The normalized spacial score (nSPS) is 11.8. The van der Waals surface area contributed by atoms with Crippen molar-refractivity contribution in [3.8, 4) is 23.3 Å². The molecular formula is C36H40ClF3N7O19PS2. The Hall–Kier alpha value is -6.76. The van der Waals surface area contributed by atoms with E-state index in [1.54, 1.807) is 11.6 Å². The summed E-state index contributed by atoms with van der Waals surface area (Å²) in [5.74, 6) is -4.02. The molecule has 2 amide bonds. The van der Waals surface area contributed by atoms with Crippen LogP contribution in [0.1, 0.15) is 36.7 Å². The molecule has 26 nitrogen and oxygen atoms in total. The number of hydrogen-bond donors (Lipinski definition) is 6. The quantitative estimate of drug-likeness (QED) is 0.0352. The molecule has 0 saturated carbocycles. The molecule has 0 radical (unpaired) electrons. The highest BCUT2D eigenvalue weighted by atomic mass is 35.5. The number of sulfone groups is 1. The molecule has 69 heavy (non-hydrogen) atoms. The van der Waals surface area contributed by atoms with Gasteiger partial charge in [0.2, 0.25) is 17.7 Å². The smallest absolute Gasteiger partial charge is 0.416 e. The van der Waals surface area contributed by atoms with E-state index in [0.29, 0.717) is 6.07 Å². The number of anilines is 1. The van der Waals surface area contributed by atoms with Crippen molar-refractivity contribution in [2.75, 3.05) is 44.7 Å². The first-order chi connectivity index (χ1) is 32.0. The lowest BCUT2D eigenvalue weighted by Gasteiger charge is -2.13. The summed E-state index contributed by atoms with van der Waals surface area (Å²) in [6.45, 7) is 3.73. The number of carboxylic acids is 1. The van der Waals surface area contributed by atoms with Crippen LogP contribution >= 0.6 is 19.2 Å². The Bertz CT molecular complexity index is 2770. The maximum absolute atomic E-state index is 12.8. The van der Waals surface area contributed by atoms with Gasteiger partial charge in [-0.1, -0.05) is 18.5 Å². The number of hydrogen-bond acceptors (Lipinski definition) is 20. The van der Waals surface area contributed by atoms with Gasteiger partial charge >= 0.3 is 37.7 Å². The van der Waals surface area contributed by atoms with Crippen molar-refractivity contribution in [2.24, 2.45) is 0 Å². The van der Waals surface area contributed by atoms with Crippen molar-refractivity contribution >= 4 is 74.6 Å². The number of nitrogens with one attached hydrogen (secondary N) is 3. The predicted molar refractivity (Wildman–Crippen MR) is 230 cm³/mol. The number of esters is 2. The number of amides is 2. The summed E-state index contributed by atoms with van der Waals surface area (Å²) in [7, 11) is -9.94. The summed E-state index contributed by atoms with van der Waals surface area (Å²) >= 11 is 5.83. The first-order valence-corrected chi connectivity index (χ1v) is 24.0. The second kappa shape index (κ2) is 25.6. The van der Waals surface area contributed by atoms with E-state index < -0.39 is 108 Å². The Morgan fingerprint density at radius 2 is 1.59 bits per heavy atom. The second-order valence-corrected chi connectivity index (χ2v) is 18.6. The number of sulfonamides is 1. The molecule has 1 atom stereocenters. The SMILES string of the molecule is CCOC(=O)C(C)OC(=O)c1cc(Oc2ccc(C(F)(F)F)cc2Cl)ccc1[N+](=O)[O-].CCS(=O)(=O)c1cccnc1S(=O)(=O)NC(=O)Nc1nc(OC)cc(OC)n1.O=C(O)CNCP(=O)(O)O. The summed E-state index contributed by atoms with van der Waals surface area (Å²) < 4.78 is 124. The average molecular weight is 1060 g/mol. The third-order valence-electron chi connectivity index (χ3n) is 7.62. The number of aliphatic carboxylic acids is 1. The van der Waals surface area contributed by atoms with Crippen LogP contribution in [0.3, 0.4) is 0 Å². The van der Waals surface area contributed by atoms with Crippen molar-refractivity contribution in [1.29, 1.82) is 0 Å². The van der Waals surface area contributed by atoms with Crippen LogP contribution in [0.15, 0.2) is 70.7 Å². The summed E-state index contributed by atoms with van der Waals surface area (Å²) in [5.41, 5.74) is -2.17. The molecular weight excluding hydrogens is 1020 g/mol. The monoisotopic (exact) mass is 1060 g/mol. The van der Waals surface area contributed by atoms with Crippen LogP contribution in [0.5, 0.6) is 23.3 Å². The molecule has 0 aliphatic carbocycles. The van der Waals surface area contributed by atoms with Crippen LogP contribution in [0.4, 0.5) is 29.6 Å². The number of methoxy groups -OCH3 is 2. The molecule has 0 saturated heterocycles. The number of urea groups is 1. The zero-order valence-electron chi connectivity index (χ0n) is 36.1. The lowest BCUT2D eigenvalue weighted by molar-refractivity contribution is -0.385. The standard InChI is InChI=1S/C19H15ClF3NO7.C14H17N5O7S2.C3H8NO5P/c1-3-29-17(25)10(2)30-18(26)13-9-12(5-6-15(13)24(27)28)31-16-7-4-11(8-14(16)20)19(21,22)23;1-4-27(21,22)9-6-5-7-15-12(9)28(23,24)19-14(20)18-13-16-10(25-2)8-11(17-13)26-3;5-3(6)1-4-2-10(7,8)9/h4-10H,3H2,1-2H3;5-8H,4H2,1-3H3,(H2,16,17,18,19,20);4H,1-2H2,(H,5,6)(H2,7,8,9). The number of aromatic nitrogens is 3. The van der Waals surface area contributed by atoms with Gasteiger partial charge in [0.05, 0.1) is 61.0 Å². The number of carboxylic acid groups (broad SMARTS) is 1. The number of nitro groups is 1. The lowest BCUT2D eigenvalue weighted by Crippen LogP contribution is -2.36. The van der Waals surface area contributed by atoms with Crippen LogP contribution in [-0.4, -0.2) is 121 Å². The Labute approximate surface area is 393 Å². The number of pyridine rings is 1. The molecule has 1 unspecified atom stereocenters. The fourth-order valence-electron chi connectivity index (χ4n) is 4.56. The minimum absolute atomic E-state index is 0.0398. The minimum atomic E-state index is -4.61. The van der Waals surface area contributed by atoms with E-state index in [1.807, 2.05) is 0 Å². The maximum Gasteiger partial charge on any atom is 0.416 e. The minimum Gasteiger partial charge on any atom is -0.481 e. The lowest BCUT2D eigenvalue weighted by atomic mass is 10.1. The van der Waals surface area contributed by atoms with Crippen LogP contribution < -0.4 is 29.6 Å². The molecule has 0 aliphatic rings. The maximum atomic E-state index is 12.8. The number of carbonyl (C=O) groups is 4. The fourth-order valence-corrected chi connectivity index (χ4v) is 7.74. The number of alkyl halides is 3. The Kier molecular flexibility index (Phi) is 21.6. The van der Waals surface area contributed by atoms with Crippen LogP contribution in [0.2, 0.25) is 5.02 Å². The van der Waals surface area contributed by atoms with Crippen molar-refractivity contribution in [2.45, 2.75) is 43.0 Å². The van der Waals surface area contributed by atoms with E-state index in [-0.39, 0.29) is 46.6 Å². The van der Waals surface area contributed by atoms with E-state index in [2.05, 4.69) is 25.6 Å². The molecule has 378 valence electrons. The van der Waals surface area contributed by atoms with Gasteiger partial charge in [-0.25, -0.2) is 32.5 Å². The molecule has 4 rings (SSSR count). The van der Waals surface area contributed by atoms with Gasteiger partial charge in [-0.05, 0) is 50.2 Å². The van der Waals surface area contributed by atoms with Gasteiger partial charge < -0.3 is 38.6 Å². The molecule has 6 N–H and O–H groups in total. The molecule has 2 heterocycles. The third kappa shape index (κ3) is 19.0. The first kappa shape index (κ1) is 58.4. The van der Waals surface area contributed by atoms with E-state index in [4.69, 9.17) is 50.2 Å². The molecule has 2 aromatic heterocycles. The molecule has 33 heteroatoms. The third-order valence-corrected chi connectivity index (χ3v) is 11.7. The topological polar surface area (TPSA) is 378 Å². The van der Waals surface area contributed by atoms with Gasteiger partial charge in [0.25, 0.3) is 15.7 Å². The van der Waals surface area contributed by atoms with Gasteiger partial charge in [-0.15, -0.1) is 0 Å². The number of halogens is 4. The van der Waals surface area contributed by atoms with Gasteiger partial charge in [0.15, 0.2) is 21.0 Å². The second-order valence-electron chi connectivity index (χ2n) is 12.7. The highest BCUT2D eigenvalue weighted by Gasteiger charge is 2.32. The number of nitrogens with zero attached hydrogens (tertiary/aromatic N) is 4. The number of rotatable bonds is 18. The molecule has 2 aromatic carbocycles. The molecule has 0 fully saturated rings. The van der Waals surface area contributed by atoms with Crippen LogP contribution in [0, 0.1) is 10.1 Å². The summed E-state index contributed by atoms with van der Waals surface area (Å²) in [5, 5.41) is 22.2. The Morgan fingerprint density at radius 3 is 2.10 bits per heavy atom. The number of benzene rings is 2. The summed E-state index contributed by atoms with van der Waals surface area (Å²) in [4.78, 5) is 83.3. The van der Waals surface area contributed by atoms with Crippen molar-refractivity contribution in [1.82, 2.24) is 25.0 Å². The van der Waals surface area contributed by atoms with Crippen molar-refractivity contribution in [3.05, 3.63) is 87.1 Å². The molecule has 0 bridgehead atoms. The van der Waals surface area contributed by atoms with Crippen molar-refractivity contribution < 1.29 is 97.3 Å². The highest BCUT2D eigenvalue weighted by Crippen LogP contribution is 2.37. The number of nitro benzene ring substituents is 1.